The van der Waals surface area contributed by atoms with Gasteiger partial charge in [-0.05, 0) is 38.6 Å². The number of aliphatic hydroxyl groups is 1. The van der Waals surface area contributed by atoms with Crippen LogP contribution in [0.3, 0.4) is 0 Å². The zero-order chi connectivity index (χ0) is 9.97. The molecule has 0 aromatic heterocycles. The second-order valence-electron chi connectivity index (χ2n) is 4.87. The van der Waals surface area contributed by atoms with Crippen molar-refractivity contribution in [1.82, 2.24) is 4.90 Å². The summed E-state index contributed by atoms with van der Waals surface area (Å²) in [5, 5.41) is 9.60. The summed E-state index contributed by atoms with van der Waals surface area (Å²) < 4.78 is 0. The number of hydrogen-bond acceptors (Lipinski definition) is 3. The van der Waals surface area contributed by atoms with Crippen molar-refractivity contribution in [3.63, 3.8) is 0 Å². The van der Waals surface area contributed by atoms with Gasteiger partial charge in [0.15, 0.2) is 0 Å². The highest BCUT2D eigenvalue weighted by Gasteiger charge is 2.28. The maximum atomic E-state index is 9.60. The monoisotopic (exact) mass is 198 g/mol. The minimum atomic E-state index is -0.0955. The fourth-order valence-electron chi connectivity index (χ4n) is 2.85. The molecule has 0 bridgehead atoms. The maximum Gasteiger partial charge on any atom is 0.0667 e. The van der Waals surface area contributed by atoms with Crippen molar-refractivity contribution in [2.24, 2.45) is 5.73 Å². The van der Waals surface area contributed by atoms with Crippen LogP contribution in [0.1, 0.15) is 38.5 Å². The van der Waals surface area contributed by atoms with Crippen LogP contribution in [0.5, 0.6) is 0 Å². The molecule has 1 aliphatic heterocycles. The Balaban J connectivity index is 1.86. The Hall–Kier alpha value is -0.120. The molecule has 0 spiro atoms. The third kappa shape index (κ3) is 2.47. The van der Waals surface area contributed by atoms with Crippen LogP contribution in [0.2, 0.25) is 0 Å². The minimum Gasteiger partial charge on any atom is -0.392 e. The van der Waals surface area contributed by atoms with Crippen LogP contribution in [-0.2, 0) is 0 Å². The third-order valence-corrected chi connectivity index (χ3v) is 3.63. The number of likely N-dealkylation sites (tertiary alicyclic amines) is 1. The molecule has 0 aromatic carbocycles. The summed E-state index contributed by atoms with van der Waals surface area (Å²) in [6, 6.07) is 1.04. The van der Waals surface area contributed by atoms with E-state index in [1.165, 1.54) is 19.3 Å². The first-order chi connectivity index (χ1) is 6.75. The van der Waals surface area contributed by atoms with Gasteiger partial charge in [0.2, 0.25) is 0 Å². The normalized spacial score (nSPS) is 41.1. The van der Waals surface area contributed by atoms with E-state index in [0.29, 0.717) is 12.1 Å². The summed E-state index contributed by atoms with van der Waals surface area (Å²) in [5.41, 5.74) is 5.98. The van der Waals surface area contributed by atoms with Gasteiger partial charge in [0.1, 0.15) is 0 Å². The topological polar surface area (TPSA) is 49.5 Å². The molecule has 82 valence electrons. The fraction of sp³-hybridized carbons (Fsp3) is 1.00. The minimum absolute atomic E-state index is 0.0955. The molecule has 3 heteroatoms. The first-order valence-corrected chi connectivity index (χ1v) is 5.93. The first-order valence-electron chi connectivity index (χ1n) is 5.93. The van der Waals surface area contributed by atoms with Gasteiger partial charge in [-0.15, -0.1) is 0 Å². The number of nitrogens with zero attached hydrogens (tertiary/aromatic N) is 1. The molecule has 1 heterocycles. The lowest BCUT2D eigenvalue weighted by molar-refractivity contribution is 0.0339. The molecule has 3 N–H and O–H groups in total. The van der Waals surface area contributed by atoms with Crippen LogP contribution in [0, 0.1) is 0 Å². The van der Waals surface area contributed by atoms with E-state index in [9.17, 15) is 5.11 Å². The molecule has 2 fully saturated rings. The van der Waals surface area contributed by atoms with Gasteiger partial charge in [-0.3, -0.25) is 4.90 Å². The standard InChI is InChI=1S/C11H22N2O/c12-9-3-1-4-10(7-9)13-6-2-5-11(14)8-13/h9-11,14H,1-8,12H2. The van der Waals surface area contributed by atoms with Crippen molar-refractivity contribution >= 4 is 0 Å². The molecule has 1 saturated heterocycles. The van der Waals surface area contributed by atoms with E-state index >= 15 is 0 Å². The zero-order valence-electron chi connectivity index (χ0n) is 8.86. The van der Waals surface area contributed by atoms with Crippen LogP contribution in [0.25, 0.3) is 0 Å². The highest BCUT2D eigenvalue weighted by Crippen LogP contribution is 2.24. The maximum absolute atomic E-state index is 9.60. The van der Waals surface area contributed by atoms with E-state index in [1.807, 2.05) is 0 Å². The fourth-order valence-corrected chi connectivity index (χ4v) is 2.85. The molecule has 1 saturated carbocycles. The summed E-state index contributed by atoms with van der Waals surface area (Å²) in [6.45, 7) is 2.03. The number of rotatable bonds is 1. The summed E-state index contributed by atoms with van der Waals surface area (Å²) in [4.78, 5) is 2.45. The van der Waals surface area contributed by atoms with E-state index in [4.69, 9.17) is 5.73 Å². The van der Waals surface area contributed by atoms with Crippen molar-refractivity contribution in [3.8, 4) is 0 Å². The van der Waals surface area contributed by atoms with Crippen molar-refractivity contribution in [3.05, 3.63) is 0 Å². The van der Waals surface area contributed by atoms with Gasteiger partial charge in [-0.1, -0.05) is 6.42 Å². The molecule has 3 atom stereocenters. The molecule has 3 nitrogen and oxygen atoms in total. The van der Waals surface area contributed by atoms with Crippen molar-refractivity contribution in [2.75, 3.05) is 13.1 Å². The smallest absolute Gasteiger partial charge is 0.0667 e. The lowest BCUT2D eigenvalue weighted by Gasteiger charge is -2.40. The zero-order valence-corrected chi connectivity index (χ0v) is 8.86. The van der Waals surface area contributed by atoms with Gasteiger partial charge >= 0.3 is 0 Å². The third-order valence-electron chi connectivity index (χ3n) is 3.63. The summed E-state index contributed by atoms with van der Waals surface area (Å²) >= 11 is 0. The average molecular weight is 198 g/mol. The Morgan fingerprint density at radius 1 is 1.14 bits per heavy atom. The highest BCUT2D eigenvalue weighted by molar-refractivity contribution is 4.85. The lowest BCUT2D eigenvalue weighted by atomic mass is 9.89. The largest absolute Gasteiger partial charge is 0.392 e. The van der Waals surface area contributed by atoms with Gasteiger partial charge in [-0.2, -0.15) is 0 Å². The van der Waals surface area contributed by atoms with Crippen LogP contribution in [0.4, 0.5) is 0 Å². The van der Waals surface area contributed by atoms with Gasteiger partial charge < -0.3 is 10.8 Å². The number of hydrogen-bond donors (Lipinski definition) is 2. The Kier molecular flexibility index (Phi) is 3.42. The Labute approximate surface area is 86.3 Å². The molecule has 0 radical (unpaired) electrons. The summed E-state index contributed by atoms with van der Waals surface area (Å²) in [5.74, 6) is 0. The predicted octanol–water partition coefficient (Wildman–Crippen LogP) is 0.713. The van der Waals surface area contributed by atoms with Gasteiger partial charge in [0.25, 0.3) is 0 Å². The molecular formula is C11H22N2O. The molecule has 3 unspecified atom stereocenters. The van der Waals surface area contributed by atoms with E-state index in [0.717, 1.165) is 32.4 Å². The van der Waals surface area contributed by atoms with E-state index in [-0.39, 0.29) is 6.10 Å². The van der Waals surface area contributed by atoms with Crippen LogP contribution < -0.4 is 5.73 Å². The van der Waals surface area contributed by atoms with Gasteiger partial charge in [0.05, 0.1) is 6.10 Å². The molecule has 0 amide bonds. The average Bonchev–Trinajstić information content (AvgIpc) is 2.18. The Morgan fingerprint density at radius 2 is 2.00 bits per heavy atom. The Morgan fingerprint density at radius 3 is 2.71 bits per heavy atom. The van der Waals surface area contributed by atoms with Gasteiger partial charge in [-0.25, -0.2) is 0 Å². The van der Waals surface area contributed by atoms with Crippen LogP contribution in [0.15, 0.2) is 0 Å². The molecule has 0 aromatic rings. The number of piperidine rings is 1. The Bertz CT molecular complexity index is 166. The molecule has 2 rings (SSSR count). The van der Waals surface area contributed by atoms with Crippen molar-refractivity contribution in [1.29, 1.82) is 0 Å². The molecule has 2 aliphatic rings. The lowest BCUT2D eigenvalue weighted by Crippen LogP contribution is -2.48. The molecular weight excluding hydrogens is 176 g/mol. The summed E-state index contributed by atoms with van der Waals surface area (Å²) in [6.07, 6.45) is 6.89. The van der Waals surface area contributed by atoms with Crippen molar-refractivity contribution in [2.45, 2.75) is 56.7 Å². The SMILES string of the molecule is NC1CCCC(N2CCCC(O)C2)C1. The second kappa shape index (κ2) is 4.60. The van der Waals surface area contributed by atoms with E-state index < -0.39 is 0 Å². The predicted molar refractivity (Wildman–Crippen MR) is 57.0 cm³/mol. The first kappa shape index (κ1) is 10.4. The van der Waals surface area contributed by atoms with E-state index in [2.05, 4.69) is 4.90 Å². The van der Waals surface area contributed by atoms with Crippen LogP contribution in [-0.4, -0.2) is 41.3 Å². The molecule has 14 heavy (non-hydrogen) atoms. The molecule has 1 aliphatic carbocycles. The summed E-state index contributed by atoms with van der Waals surface area (Å²) in [7, 11) is 0. The van der Waals surface area contributed by atoms with Gasteiger partial charge in [0, 0.05) is 18.6 Å². The number of β-amino-alcohol motifs (C(OH)–C–C–N with tert-alkyl or cyclic N) is 1. The quantitative estimate of drug-likeness (QED) is 0.652. The van der Waals surface area contributed by atoms with Crippen LogP contribution >= 0.6 is 0 Å². The highest BCUT2D eigenvalue weighted by atomic mass is 16.3. The number of aliphatic hydroxyl groups excluding tert-OH is 1. The second-order valence-corrected chi connectivity index (χ2v) is 4.87. The van der Waals surface area contributed by atoms with E-state index in [1.54, 1.807) is 0 Å². The van der Waals surface area contributed by atoms with Crippen molar-refractivity contribution < 1.29 is 5.11 Å². The number of nitrogens with two attached hydrogens (primary N) is 1.